The molecule has 5 nitrogen and oxygen atoms in total. The molecule has 0 unspecified atom stereocenters. The Morgan fingerprint density at radius 1 is 1.00 bits per heavy atom. The van der Waals surface area contributed by atoms with Crippen LogP contribution in [0.15, 0.2) is 54.6 Å². The Morgan fingerprint density at radius 2 is 1.68 bits per heavy atom. The van der Waals surface area contributed by atoms with Crippen molar-refractivity contribution in [1.82, 2.24) is 4.90 Å². The third-order valence-electron chi connectivity index (χ3n) is 5.03. The lowest BCUT2D eigenvalue weighted by Crippen LogP contribution is -2.42. The maximum absolute atomic E-state index is 12.5. The van der Waals surface area contributed by atoms with E-state index in [4.69, 9.17) is 9.47 Å². The minimum Gasteiger partial charge on any atom is -0.483 e. The second-order valence-corrected chi connectivity index (χ2v) is 6.97. The number of piperidine rings is 1. The van der Waals surface area contributed by atoms with Gasteiger partial charge in [-0.2, -0.15) is 0 Å². The molecule has 2 aromatic carbocycles. The molecule has 3 rings (SSSR count). The molecule has 1 aliphatic heterocycles. The van der Waals surface area contributed by atoms with Gasteiger partial charge in [0.25, 0.3) is 5.91 Å². The summed E-state index contributed by atoms with van der Waals surface area (Å²) < 4.78 is 10.9. The van der Waals surface area contributed by atoms with E-state index in [2.05, 4.69) is 12.1 Å². The fourth-order valence-corrected chi connectivity index (χ4v) is 3.46. The van der Waals surface area contributed by atoms with E-state index >= 15 is 0 Å². The van der Waals surface area contributed by atoms with Crippen molar-refractivity contribution in [2.45, 2.75) is 26.2 Å². The number of benzene rings is 2. The van der Waals surface area contributed by atoms with E-state index in [1.54, 1.807) is 4.90 Å². The Balaban J connectivity index is 1.52. The van der Waals surface area contributed by atoms with E-state index in [9.17, 15) is 9.59 Å². The molecule has 2 aromatic rings. The first-order chi connectivity index (χ1) is 13.7. The van der Waals surface area contributed by atoms with Crippen molar-refractivity contribution in [3.8, 4) is 5.75 Å². The molecule has 0 bridgehead atoms. The number of esters is 1. The van der Waals surface area contributed by atoms with Crippen LogP contribution < -0.4 is 4.74 Å². The van der Waals surface area contributed by atoms with Crippen molar-refractivity contribution in [1.29, 1.82) is 0 Å². The zero-order chi connectivity index (χ0) is 19.8. The Labute approximate surface area is 166 Å². The molecule has 1 aliphatic rings. The summed E-state index contributed by atoms with van der Waals surface area (Å²) in [4.78, 5) is 26.1. The molecule has 0 saturated carbocycles. The van der Waals surface area contributed by atoms with Gasteiger partial charge in [0.15, 0.2) is 6.61 Å². The second-order valence-electron chi connectivity index (χ2n) is 6.97. The van der Waals surface area contributed by atoms with Crippen LogP contribution in [0, 0.1) is 5.92 Å². The molecular weight excluding hydrogens is 354 g/mol. The molecule has 5 heteroatoms. The van der Waals surface area contributed by atoms with Crippen LogP contribution in [-0.4, -0.2) is 43.1 Å². The number of rotatable bonds is 7. The minimum atomic E-state index is -0.152. The normalized spacial score (nSPS) is 14.5. The van der Waals surface area contributed by atoms with Gasteiger partial charge in [0.2, 0.25) is 0 Å². The molecule has 0 aliphatic carbocycles. The van der Waals surface area contributed by atoms with Crippen LogP contribution in [0.3, 0.4) is 0 Å². The van der Waals surface area contributed by atoms with Crippen LogP contribution in [-0.2, 0) is 20.7 Å². The van der Waals surface area contributed by atoms with Crippen molar-refractivity contribution in [2.75, 3.05) is 26.3 Å². The Hall–Kier alpha value is -2.82. The summed E-state index contributed by atoms with van der Waals surface area (Å²) in [6.07, 6.45) is 2.06. The molecule has 148 valence electrons. The van der Waals surface area contributed by atoms with Gasteiger partial charge >= 0.3 is 5.97 Å². The predicted octanol–water partition coefficient (Wildman–Crippen LogP) is 3.46. The largest absolute Gasteiger partial charge is 0.483 e. The zero-order valence-electron chi connectivity index (χ0n) is 16.3. The van der Waals surface area contributed by atoms with Crippen molar-refractivity contribution in [2.24, 2.45) is 5.92 Å². The third kappa shape index (κ3) is 5.35. The summed E-state index contributed by atoms with van der Waals surface area (Å²) in [6.45, 7) is 3.35. The monoisotopic (exact) mass is 381 g/mol. The van der Waals surface area contributed by atoms with Crippen LogP contribution in [0.25, 0.3) is 0 Å². The van der Waals surface area contributed by atoms with Crippen molar-refractivity contribution >= 4 is 11.9 Å². The number of likely N-dealkylation sites (tertiary alicyclic amines) is 1. The van der Waals surface area contributed by atoms with Crippen LogP contribution in [0.1, 0.15) is 30.9 Å². The van der Waals surface area contributed by atoms with Gasteiger partial charge < -0.3 is 14.4 Å². The van der Waals surface area contributed by atoms with Gasteiger partial charge in [-0.3, -0.25) is 9.59 Å². The highest BCUT2D eigenvalue weighted by Crippen LogP contribution is 2.22. The average molecular weight is 381 g/mol. The van der Waals surface area contributed by atoms with Gasteiger partial charge in [0.05, 0.1) is 12.5 Å². The fourth-order valence-electron chi connectivity index (χ4n) is 3.46. The summed E-state index contributed by atoms with van der Waals surface area (Å²) >= 11 is 0. The van der Waals surface area contributed by atoms with E-state index in [1.807, 2.05) is 49.4 Å². The number of hydrogen-bond acceptors (Lipinski definition) is 4. The smallest absolute Gasteiger partial charge is 0.309 e. The summed E-state index contributed by atoms with van der Waals surface area (Å²) in [6, 6.07) is 18.0. The minimum absolute atomic E-state index is 0.00980. The molecule has 0 radical (unpaired) electrons. The molecule has 1 amide bonds. The van der Waals surface area contributed by atoms with E-state index in [0.717, 1.165) is 17.7 Å². The number of ether oxygens (including phenoxy) is 2. The topological polar surface area (TPSA) is 55.8 Å². The van der Waals surface area contributed by atoms with Gasteiger partial charge in [-0.05, 0) is 37.0 Å². The number of carbonyl (C=O) groups excluding carboxylic acids is 2. The maximum atomic E-state index is 12.5. The van der Waals surface area contributed by atoms with Gasteiger partial charge in [-0.15, -0.1) is 0 Å². The summed E-state index contributed by atoms with van der Waals surface area (Å²) in [5.41, 5.74) is 2.26. The lowest BCUT2D eigenvalue weighted by molar-refractivity contribution is -0.151. The molecule has 1 heterocycles. The number of carbonyl (C=O) groups is 2. The van der Waals surface area contributed by atoms with Crippen molar-refractivity contribution < 1.29 is 19.1 Å². The maximum Gasteiger partial charge on any atom is 0.309 e. The van der Waals surface area contributed by atoms with Crippen LogP contribution in [0.2, 0.25) is 0 Å². The van der Waals surface area contributed by atoms with E-state index in [-0.39, 0.29) is 24.4 Å². The fraction of sp³-hybridized carbons (Fsp3) is 0.391. The molecule has 1 saturated heterocycles. The highest BCUT2D eigenvalue weighted by Gasteiger charge is 2.28. The molecule has 0 spiro atoms. The Morgan fingerprint density at radius 3 is 2.39 bits per heavy atom. The zero-order valence-corrected chi connectivity index (χ0v) is 16.3. The van der Waals surface area contributed by atoms with Crippen LogP contribution >= 0.6 is 0 Å². The van der Waals surface area contributed by atoms with Crippen LogP contribution in [0.5, 0.6) is 5.75 Å². The van der Waals surface area contributed by atoms with E-state index in [1.165, 1.54) is 5.56 Å². The predicted molar refractivity (Wildman–Crippen MR) is 107 cm³/mol. The van der Waals surface area contributed by atoms with Gasteiger partial charge in [-0.25, -0.2) is 0 Å². The van der Waals surface area contributed by atoms with Gasteiger partial charge in [-0.1, -0.05) is 48.5 Å². The summed E-state index contributed by atoms with van der Waals surface area (Å²) in [5, 5.41) is 0. The van der Waals surface area contributed by atoms with Crippen molar-refractivity contribution in [3.63, 3.8) is 0 Å². The quantitative estimate of drug-likeness (QED) is 0.689. The second kappa shape index (κ2) is 9.93. The molecular formula is C23H27NO4. The highest BCUT2D eigenvalue weighted by atomic mass is 16.5. The third-order valence-corrected chi connectivity index (χ3v) is 5.03. The molecule has 0 aromatic heterocycles. The molecule has 0 atom stereocenters. The standard InChI is InChI=1S/C23H27NO4/c1-2-27-23(26)19-12-14-24(15-13-19)22(25)17-28-21-11-7-6-10-20(21)16-18-8-4-3-5-9-18/h3-11,19H,2,12-17H2,1H3. The number of amides is 1. The number of para-hydroxylation sites is 1. The number of hydrogen-bond donors (Lipinski definition) is 0. The average Bonchev–Trinajstić information content (AvgIpc) is 2.74. The van der Waals surface area contributed by atoms with Crippen LogP contribution in [0.4, 0.5) is 0 Å². The first-order valence-electron chi connectivity index (χ1n) is 9.86. The lowest BCUT2D eigenvalue weighted by Gasteiger charge is -2.30. The SMILES string of the molecule is CCOC(=O)C1CCN(C(=O)COc2ccccc2Cc2ccccc2)CC1. The number of nitrogens with zero attached hydrogens (tertiary/aromatic N) is 1. The van der Waals surface area contributed by atoms with Gasteiger partial charge in [0, 0.05) is 19.5 Å². The van der Waals surface area contributed by atoms with E-state index < -0.39 is 0 Å². The molecule has 0 N–H and O–H groups in total. The summed E-state index contributed by atoms with van der Waals surface area (Å²) in [7, 11) is 0. The van der Waals surface area contributed by atoms with Gasteiger partial charge in [0.1, 0.15) is 5.75 Å². The van der Waals surface area contributed by atoms with E-state index in [0.29, 0.717) is 32.5 Å². The Kier molecular flexibility index (Phi) is 7.06. The first kappa shape index (κ1) is 19.9. The highest BCUT2D eigenvalue weighted by molar-refractivity contribution is 5.78. The lowest BCUT2D eigenvalue weighted by atomic mass is 9.97. The first-order valence-corrected chi connectivity index (χ1v) is 9.86. The van der Waals surface area contributed by atoms with Crippen molar-refractivity contribution in [3.05, 3.63) is 65.7 Å². The Bertz CT molecular complexity index is 782. The summed E-state index contributed by atoms with van der Waals surface area (Å²) in [5.74, 6) is 0.440. The molecule has 28 heavy (non-hydrogen) atoms. The molecule has 1 fully saturated rings.